The number of hydrogen-bond acceptors (Lipinski definition) is 4. The second-order valence-corrected chi connectivity index (χ2v) is 5.04. The monoisotopic (exact) mass is 306 g/mol. The van der Waals surface area contributed by atoms with Gasteiger partial charge in [0.2, 0.25) is 6.41 Å². The highest BCUT2D eigenvalue weighted by molar-refractivity contribution is 6.36. The van der Waals surface area contributed by atoms with Gasteiger partial charge in [-0.3, -0.25) is 9.59 Å². The Balaban J connectivity index is 2.07. The summed E-state index contributed by atoms with van der Waals surface area (Å²) in [5.74, 6) is -0.241. The summed E-state index contributed by atoms with van der Waals surface area (Å²) in [6, 6.07) is 10.5. The van der Waals surface area contributed by atoms with Crippen LogP contribution in [-0.4, -0.2) is 18.5 Å². The average Bonchev–Trinajstić information content (AvgIpc) is 2.85. The van der Waals surface area contributed by atoms with E-state index < -0.39 is 0 Å². The summed E-state index contributed by atoms with van der Waals surface area (Å²) in [6.45, 7) is 0. The van der Waals surface area contributed by atoms with Gasteiger partial charge in [0.25, 0.3) is 5.91 Å². The molecule has 1 aliphatic heterocycles. The Bertz CT molecular complexity index is 856. The lowest BCUT2D eigenvalue weighted by Gasteiger charge is -2.05. The summed E-state index contributed by atoms with van der Waals surface area (Å²) in [4.78, 5) is 22.9. The van der Waals surface area contributed by atoms with Gasteiger partial charge < -0.3 is 21.8 Å². The minimum Gasteiger partial charge on any atom is -0.398 e. The fourth-order valence-electron chi connectivity index (χ4n) is 2.52. The summed E-state index contributed by atoms with van der Waals surface area (Å²) in [6.07, 6.45) is 3.48. The number of rotatable bonds is 4. The molecule has 2 aromatic rings. The molecule has 0 radical (unpaired) electrons. The predicted molar refractivity (Wildman–Crippen MR) is 91.4 cm³/mol. The molecule has 23 heavy (non-hydrogen) atoms. The summed E-state index contributed by atoms with van der Waals surface area (Å²) in [7, 11) is 0. The van der Waals surface area contributed by atoms with Crippen LogP contribution >= 0.6 is 0 Å². The first kappa shape index (κ1) is 14.5. The van der Waals surface area contributed by atoms with Crippen molar-refractivity contribution in [2.24, 2.45) is 0 Å². The van der Waals surface area contributed by atoms with E-state index in [0.29, 0.717) is 34.6 Å². The molecule has 114 valence electrons. The van der Waals surface area contributed by atoms with Gasteiger partial charge in [-0.25, -0.2) is 0 Å². The molecule has 0 spiro atoms. The van der Waals surface area contributed by atoms with Gasteiger partial charge in [0.1, 0.15) is 0 Å². The highest BCUT2D eigenvalue weighted by Crippen LogP contribution is 2.38. The van der Waals surface area contributed by atoms with Crippen molar-refractivity contribution in [1.82, 2.24) is 0 Å². The normalized spacial score (nSPS) is 14.3. The zero-order valence-corrected chi connectivity index (χ0v) is 12.1. The Morgan fingerprint density at radius 1 is 1.22 bits per heavy atom. The van der Waals surface area contributed by atoms with Crippen molar-refractivity contribution in [3.63, 3.8) is 0 Å². The molecule has 0 bridgehead atoms. The third-order valence-corrected chi connectivity index (χ3v) is 3.63. The quantitative estimate of drug-likeness (QED) is 0.301. The minimum atomic E-state index is -0.241. The van der Waals surface area contributed by atoms with E-state index in [-0.39, 0.29) is 5.91 Å². The number of nitrogens with one attached hydrogen (secondary N) is 3. The van der Waals surface area contributed by atoms with Crippen molar-refractivity contribution in [1.29, 1.82) is 5.41 Å². The van der Waals surface area contributed by atoms with E-state index >= 15 is 0 Å². The van der Waals surface area contributed by atoms with Crippen LogP contribution in [0.1, 0.15) is 16.7 Å². The van der Waals surface area contributed by atoms with Gasteiger partial charge in [-0.15, -0.1) is 0 Å². The van der Waals surface area contributed by atoms with Crippen molar-refractivity contribution < 1.29 is 9.59 Å². The van der Waals surface area contributed by atoms with Gasteiger partial charge >= 0.3 is 0 Å². The van der Waals surface area contributed by atoms with Crippen molar-refractivity contribution in [2.45, 2.75) is 0 Å². The average molecular weight is 306 g/mol. The maximum Gasteiger partial charge on any atom is 0.256 e. The summed E-state index contributed by atoms with van der Waals surface area (Å²) >= 11 is 0. The standard InChI is InChI=1S/C17H14N4O2/c18-8-11-5-4-10(7-14(11)19)6-13-12-2-1-3-15(20-9-22)16(12)21-17(13)23/h1-9,18H,19H2,(H,20,22)(H,21,23)/b13-6+,18-8?. The minimum absolute atomic E-state index is 0.241. The van der Waals surface area contributed by atoms with E-state index in [2.05, 4.69) is 10.6 Å². The SMILES string of the molecule is N=Cc1ccc(/C=C2/C(=O)Nc3c(NC=O)cccc32)cc1N. The number of fused-ring (bicyclic) bond motifs is 1. The van der Waals surface area contributed by atoms with Crippen LogP contribution in [0.25, 0.3) is 11.6 Å². The predicted octanol–water partition coefficient (Wildman–Crippen LogP) is 2.33. The van der Waals surface area contributed by atoms with Gasteiger partial charge in [0.15, 0.2) is 0 Å². The van der Waals surface area contributed by atoms with Crippen LogP contribution < -0.4 is 16.4 Å². The number of amides is 2. The zero-order chi connectivity index (χ0) is 16.4. The fourth-order valence-corrected chi connectivity index (χ4v) is 2.52. The number of benzene rings is 2. The van der Waals surface area contributed by atoms with Crippen LogP contribution in [-0.2, 0) is 9.59 Å². The summed E-state index contributed by atoms with van der Waals surface area (Å²) < 4.78 is 0. The number of carbonyl (C=O) groups excluding carboxylic acids is 2. The third kappa shape index (κ3) is 2.57. The van der Waals surface area contributed by atoms with Gasteiger partial charge in [0.05, 0.1) is 11.4 Å². The molecule has 6 heteroatoms. The number of carbonyl (C=O) groups is 2. The number of nitrogen functional groups attached to an aromatic ring is 1. The van der Waals surface area contributed by atoms with Crippen molar-refractivity contribution in [3.05, 3.63) is 53.1 Å². The Morgan fingerprint density at radius 2 is 2.04 bits per heavy atom. The van der Waals surface area contributed by atoms with Crippen molar-refractivity contribution in [3.8, 4) is 0 Å². The van der Waals surface area contributed by atoms with E-state index in [1.807, 2.05) is 6.07 Å². The third-order valence-electron chi connectivity index (χ3n) is 3.63. The van der Waals surface area contributed by atoms with E-state index in [4.69, 9.17) is 11.1 Å². The molecule has 0 aliphatic carbocycles. The lowest BCUT2D eigenvalue weighted by atomic mass is 10.0. The first-order valence-corrected chi connectivity index (χ1v) is 6.90. The molecular weight excluding hydrogens is 292 g/mol. The lowest BCUT2D eigenvalue weighted by Crippen LogP contribution is -2.05. The van der Waals surface area contributed by atoms with Crippen LogP contribution in [0, 0.1) is 5.41 Å². The molecule has 0 fully saturated rings. The highest BCUT2D eigenvalue weighted by Gasteiger charge is 2.26. The number of hydrogen-bond donors (Lipinski definition) is 4. The molecule has 0 aromatic heterocycles. The molecule has 0 unspecified atom stereocenters. The van der Waals surface area contributed by atoms with Gasteiger partial charge in [-0.05, 0) is 23.8 Å². The molecule has 0 atom stereocenters. The molecule has 0 saturated carbocycles. The number of para-hydroxylation sites is 1. The van der Waals surface area contributed by atoms with E-state index in [0.717, 1.165) is 11.1 Å². The van der Waals surface area contributed by atoms with Gasteiger partial charge in [-0.1, -0.05) is 24.3 Å². The van der Waals surface area contributed by atoms with E-state index in [1.54, 1.807) is 36.4 Å². The van der Waals surface area contributed by atoms with Crippen molar-refractivity contribution >= 4 is 47.2 Å². The molecule has 1 aliphatic rings. The lowest BCUT2D eigenvalue weighted by molar-refractivity contribution is -0.110. The van der Waals surface area contributed by atoms with Crippen LogP contribution in [0.3, 0.4) is 0 Å². The van der Waals surface area contributed by atoms with E-state index in [1.165, 1.54) is 6.21 Å². The van der Waals surface area contributed by atoms with Crippen LogP contribution in [0.2, 0.25) is 0 Å². The van der Waals surface area contributed by atoms with Crippen LogP contribution in [0.5, 0.6) is 0 Å². The van der Waals surface area contributed by atoms with Gasteiger partial charge in [-0.2, -0.15) is 0 Å². The fraction of sp³-hybridized carbons (Fsp3) is 0. The molecule has 3 rings (SSSR count). The molecule has 1 heterocycles. The largest absolute Gasteiger partial charge is 0.398 e. The summed E-state index contributed by atoms with van der Waals surface area (Å²) in [5, 5.41) is 12.6. The molecular formula is C17H14N4O2. The molecule has 2 aromatic carbocycles. The second-order valence-electron chi connectivity index (χ2n) is 5.04. The Kier molecular flexibility index (Phi) is 3.64. The second kappa shape index (κ2) is 5.76. The number of nitrogens with two attached hydrogens (primary N) is 1. The van der Waals surface area contributed by atoms with Crippen LogP contribution in [0.4, 0.5) is 17.1 Å². The zero-order valence-electron chi connectivity index (χ0n) is 12.1. The highest BCUT2D eigenvalue weighted by atomic mass is 16.2. The maximum absolute atomic E-state index is 12.2. The maximum atomic E-state index is 12.2. The van der Waals surface area contributed by atoms with E-state index in [9.17, 15) is 9.59 Å². The Hall–Kier alpha value is -3.41. The first-order valence-electron chi connectivity index (χ1n) is 6.90. The summed E-state index contributed by atoms with van der Waals surface area (Å²) in [5.41, 5.74) is 10.1. The topological polar surface area (TPSA) is 108 Å². The Morgan fingerprint density at radius 3 is 2.74 bits per heavy atom. The van der Waals surface area contributed by atoms with Gasteiger partial charge in [0, 0.05) is 28.6 Å². The molecule has 2 amide bonds. The Labute approximate surface area is 132 Å². The van der Waals surface area contributed by atoms with Crippen molar-refractivity contribution in [2.75, 3.05) is 16.4 Å². The number of anilines is 3. The van der Waals surface area contributed by atoms with Crippen LogP contribution in [0.15, 0.2) is 36.4 Å². The molecule has 5 N–H and O–H groups in total. The smallest absolute Gasteiger partial charge is 0.256 e. The first-order chi connectivity index (χ1) is 11.1. The molecule has 0 saturated heterocycles. The molecule has 6 nitrogen and oxygen atoms in total.